The number of hydrogen-bond donors (Lipinski definition) is 0. The molecule has 0 fully saturated rings. The van der Waals surface area contributed by atoms with Gasteiger partial charge in [-0.3, -0.25) is 0 Å². The lowest BCUT2D eigenvalue weighted by molar-refractivity contribution is 0.282. The third-order valence-corrected chi connectivity index (χ3v) is 11.0. The summed E-state index contributed by atoms with van der Waals surface area (Å²) in [5, 5.41) is 2.15. The molecule has 0 unspecified atom stereocenters. The summed E-state index contributed by atoms with van der Waals surface area (Å²) in [6.07, 6.45) is 1.07. The number of thiophene rings is 1. The van der Waals surface area contributed by atoms with Crippen molar-refractivity contribution in [2.45, 2.75) is 64.6 Å². The van der Waals surface area contributed by atoms with E-state index < -0.39 is 8.32 Å². The molecule has 1 aromatic heterocycles. The minimum absolute atomic E-state index is 0.681. The van der Waals surface area contributed by atoms with E-state index in [4.69, 9.17) is 4.43 Å². The molecule has 1 aromatic rings. The van der Waals surface area contributed by atoms with E-state index in [1.807, 2.05) is 11.3 Å². The molecule has 1 rings (SSSR count). The Hall–Kier alpha value is -0.123. The van der Waals surface area contributed by atoms with Crippen molar-refractivity contribution in [1.82, 2.24) is 0 Å². The van der Waals surface area contributed by atoms with Gasteiger partial charge in [-0.15, -0.1) is 11.3 Å². The fraction of sp³-hybridized carbons (Fsp3) is 0.733. The first-order valence-electron chi connectivity index (χ1n) is 7.07. The Morgan fingerprint density at radius 3 is 2.00 bits per heavy atom. The maximum atomic E-state index is 6.53. The summed E-state index contributed by atoms with van der Waals surface area (Å²) >= 11 is 1.83. The highest BCUT2D eigenvalue weighted by Gasteiger charge is 2.44. The molecule has 0 atom stereocenters. The zero-order valence-corrected chi connectivity index (χ0v) is 14.5. The normalized spacial score (nSPS) is 12.9. The van der Waals surface area contributed by atoms with Crippen LogP contribution in [0.1, 0.15) is 46.4 Å². The summed E-state index contributed by atoms with van der Waals surface area (Å²) in [6, 6.07) is 4.33. The summed E-state index contributed by atoms with van der Waals surface area (Å²) in [7, 11) is -1.66. The molecule has 1 nitrogen and oxygen atoms in total. The van der Waals surface area contributed by atoms with Gasteiger partial charge in [0.25, 0.3) is 0 Å². The van der Waals surface area contributed by atoms with Crippen molar-refractivity contribution in [2.24, 2.45) is 0 Å². The second-order valence-electron chi connectivity index (χ2n) is 6.00. The molecule has 0 bridgehead atoms. The standard InChI is InChI=1S/C15H28OSSi/c1-12(2)18(13(3)4,14(5)6)16-10-9-15-8-7-11-17-15/h7-8,11-14H,9-10H2,1-6H3. The molecule has 0 aromatic carbocycles. The third-order valence-electron chi connectivity index (χ3n) is 3.99. The quantitative estimate of drug-likeness (QED) is 0.602. The van der Waals surface area contributed by atoms with Crippen LogP contribution in [0.5, 0.6) is 0 Å². The topological polar surface area (TPSA) is 9.23 Å². The van der Waals surface area contributed by atoms with Crippen molar-refractivity contribution in [1.29, 1.82) is 0 Å². The van der Waals surface area contributed by atoms with Crippen molar-refractivity contribution >= 4 is 19.7 Å². The zero-order chi connectivity index (χ0) is 13.8. The molecule has 0 aliphatic carbocycles. The Kier molecular flexibility index (Phi) is 6.08. The molecule has 0 saturated carbocycles. The van der Waals surface area contributed by atoms with E-state index in [-0.39, 0.29) is 0 Å². The molecule has 0 N–H and O–H groups in total. The highest BCUT2D eigenvalue weighted by Crippen LogP contribution is 2.42. The van der Waals surface area contributed by atoms with Gasteiger partial charge >= 0.3 is 0 Å². The highest BCUT2D eigenvalue weighted by molar-refractivity contribution is 7.09. The van der Waals surface area contributed by atoms with Crippen LogP contribution in [0.4, 0.5) is 0 Å². The molecule has 1 heterocycles. The van der Waals surface area contributed by atoms with E-state index in [9.17, 15) is 0 Å². The largest absolute Gasteiger partial charge is 0.416 e. The molecular formula is C15H28OSSi. The molecular weight excluding hydrogens is 256 g/mol. The van der Waals surface area contributed by atoms with E-state index in [1.165, 1.54) is 4.88 Å². The van der Waals surface area contributed by atoms with Gasteiger partial charge in [0.2, 0.25) is 0 Å². The van der Waals surface area contributed by atoms with Crippen LogP contribution in [-0.4, -0.2) is 14.9 Å². The average Bonchev–Trinajstić information content (AvgIpc) is 2.75. The fourth-order valence-electron chi connectivity index (χ4n) is 3.28. The van der Waals surface area contributed by atoms with Gasteiger partial charge in [0.1, 0.15) is 0 Å². The van der Waals surface area contributed by atoms with E-state index in [0.29, 0.717) is 16.6 Å². The Bertz CT molecular complexity index is 308. The molecule has 0 aliphatic heterocycles. The van der Waals surface area contributed by atoms with Gasteiger partial charge in [-0.2, -0.15) is 0 Å². The minimum atomic E-state index is -1.66. The summed E-state index contributed by atoms with van der Waals surface area (Å²) in [6.45, 7) is 15.0. The van der Waals surface area contributed by atoms with Gasteiger partial charge in [0.05, 0.1) is 0 Å². The van der Waals surface area contributed by atoms with Crippen molar-refractivity contribution in [2.75, 3.05) is 6.61 Å². The van der Waals surface area contributed by atoms with Crippen LogP contribution in [0.2, 0.25) is 16.6 Å². The van der Waals surface area contributed by atoms with Crippen LogP contribution >= 0.6 is 11.3 Å². The third kappa shape index (κ3) is 3.46. The first-order chi connectivity index (χ1) is 8.41. The molecule has 18 heavy (non-hydrogen) atoms. The van der Waals surface area contributed by atoms with Gasteiger partial charge < -0.3 is 4.43 Å². The van der Waals surface area contributed by atoms with E-state index in [1.54, 1.807) is 0 Å². The van der Waals surface area contributed by atoms with Crippen LogP contribution in [-0.2, 0) is 10.8 Å². The molecule has 0 spiro atoms. The number of hydrogen-bond acceptors (Lipinski definition) is 2. The van der Waals surface area contributed by atoms with Gasteiger partial charge in [-0.1, -0.05) is 47.6 Å². The minimum Gasteiger partial charge on any atom is -0.416 e. The summed E-state index contributed by atoms with van der Waals surface area (Å²) < 4.78 is 6.53. The van der Waals surface area contributed by atoms with Gasteiger partial charge in [0, 0.05) is 17.9 Å². The summed E-state index contributed by atoms with van der Waals surface area (Å²) in [4.78, 5) is 1.44. The summed E-state index contributed by atoms with van der Waals surface area (Å²) in [5.74, 6) is 0. The lowest BCUT2D eigenvalue weighted by Crippen LogP contribution is -2.48. The molecule has 104 valence electrons. The van der Waals surface area contributed by atoms with Gasteiger partial charge in [0.15, 0.2) is 8.32 Å². The molecule has 3 heteroatoms. The molecule has 0 aliphatic rings. The fourth-order valence-corrected chi connectivity index (χ4v) is 9.43. The Labute approximate surface area is 118 Å². The average molecular weight is 285 g/mol. The van der Waals surface area contributed by atoms with E-state index in [0.717, 1.165) is 13.0 Å². The Morgan fingerprint density at radius 2 is 1.61 bits per heavy atom. The van der Waals surface area contributed by atoms with E-state index in [2.05, 4.69) is 59.1 Å². The maximum absolute atomic E-state index is 6.53. The smallest absolute Gasteiger partial charge is 0.200 e. The first kappa shape index (κ1) is 15.9. The van der Waals surface area contributed by atoms with Crippen LogP contribution in [0, 0.1) is 0 Å². The van der Waals surface area contributed by atoms with Crippen LogP contribution in [0.25, 0.3) is 0 Å². The van der Waals surface area contributed by atoms with Crippen LogP contribution in [0.15, 0.2) is 17.5 Å². The van der Waals surface area contributed by atoms with Crippen LogP contribution < -0.4 is 0 Å². The second kappa shape index (κ2) is 6.87. The van der Waals surface area contributed by atoms with Gasteiger partial charge in [-0.05, 0) is 28.1 Å². The Balaban J connectivity index is 2.67. The predicted octanol–water partition coefficient (Wildman–Crippen LogP) is 5.48. The van der Waals surface area contributed by atoms with E-state index >= 15 is 0 Å². The van der Waals surface area contributed by atoms with Crippen molar-refractivity contribution in [3.63, 3.8) is 0 Å². The highest BCUT2D eigenvalue weighted by atomic mass is 32.1. The first-order valence-corrected chi connectivity index (χ1v) is 10.1. The predicted molar refractivity (Wildman–Crippen MR) is 85.0 cm³/mol. The molecule has 0 saturated heterocycles. The van der Waals surface area contributed by atoms with Gasteiger partial charge in [-0.25, -0.2) is 0 Å². The second-order valence-corrected chi connectivity index (χ2v) is 12.5. The van der Waals surface area contributed by atoms with Crippen molar-refractivity contribution < 1.29 is 4.43 Å². The molecule has 0 amide bonds. The SMILES string of the molecule is CC(C)[Si](OCCc1cccs1)(C(C)C)C(C)C. The Morgan fingerprint density at radius 1 is 1.06 bits per heavy atom. The van der Waals surface area contributed by atoms with Crippen LogP contribution in [0.3, 0.4) is 0 Å². The maximum Gasteiger partial charge on any atom is 0.200 e. The molecule has 0 radical (unpaired) electrons. The van der Waals surface area contributed by atoms with Crippen molar-refractivity contribution in [3.8, 4) is 0 Å². The zero-order valence-electron chi connectivity index (χ0n) is 12.7. The van der Waals surface area contributed by atoms with Crippen molar-refractivity contribution in [3.05, 3.63) is 22.4 Å². The lowest BCUT2D eigenvalue weighted by Gasteiger charge is -2.42. The monoisotopic (exact) mass is 284 g/mol. The lowest BCUT2D eigenvalue weighted by atomic mass is 10.4. The summed E-state index contributed by atoms with van der Waals surface area (Å²) in [5.41, 5.74) is 2.04. The number of rotatable bonds is 7.